The van der Waals surface area contributed by atoms with Crippen LogP contribution in [0.4, 0.5) is 0 Å². The van der Waals surface area contributed by atoms with Crippen LogP contribution < -0.4 is 10.6 Å². The van der Waals surface area contributed by atoms with Crippen molar-refractivity contribution in [3.63, 3.8) is 0 Å². The van der Waals surface area contributed by atoms with Crippen LogP contribution in [0.3, 0.4) is 0 Å². The normalized spacial score (nSPS) is 22.8. The molecular formula is C18H19Cl3N2O2. The summed E-state index contributed by atoms with van der Waals surface area (Å²) in [5.74, 6) is -0.354. The average Bonchev–Trinajstić information content (AvgIpc) is 2.60. The summed E-state index contributed by atoms with van der Waals surface area (Å²) in [6, 6.07) is 14.4. The van der Waals surface area contributed by atoms with Gasteiger partial charge < -0.3 is 15.7 Å². The van der Waals surface area contributed by atoms with E-state index in [1.54, 1.807) is 18.2 Å². The zero-order valence-electron chi connectivity index (χ0n) is 13.3. The van der Waals surface area contributed by atoms with Crippen LogP contribution in [0, 0.1) is 0 Å². The molecule has 2 aromatic rings. The van der Waals surface area contributed by atoms with Gasteiger partial charge in [-0.1, -0.05) is 59.6 Å². The molecule has 2 aromatic carbocycles. The van der Waals surface area contributed by atoms with Gasteiger partial charge in [0.15, 0.2) is 0 Å². The minimum Gasteiger partial charge on any atom is -0.389 e. The van der Waals surface area contributed by atoms with Crippen LogP contribution in [0.15, 0.2) is 48.5 Å². The van der Waals surface area contributed by atoms with E-state index in [-0.39, 0.29) is 23.3 Å². The van der Waals surface area contributed by atoms with Gasteiger partial charge in [0.25, 0.3) is 5.91 Å². The van der Waals surface area contributed by atoms with E-state index >= 15 is 0 Å². The lowest BCUT2D eigenvalue weighted by Crippen LogP contribution is -2.61. The van der Waals surface area contributed by atoms with E-state index < -0.39 is 11.6 Å². The Kier molecular flexibility index (Phi) is 6.72. The number of carbonyl (C=O) groups excluding carboxylic acids is 1. The lowest BCUT2D eigenvalue weighted by Gasteiger charge is -2.43. The van der Waals surface area contributed by atoms with E-state index in [4.69, 9.17) is 23.2 Å². The minimum atomic E-state index is -0.866. The molecule has 1 amide bonds. The third-order valence-corrected chi connectivity index (χ3v) is 5.24. The third-order valence-electron chi connectivity index (χ3n) is 4.42. The van der Waals surface area contributed by atoms with Crippen LogP contribution >= 0.6 is 35.6 Å². The fourth-order valence-corrected chi connectivity index (χ4v) is 3.49. The highest BCUT2D eigenvalue weighted by atomic mass is 35.5. The van der Waals surface area contributed by atoms with E-state index in [9.17, 15) is 9.90 Å². The molecule has 1 fully saturated rings. The average molecular weight is 402 g/mol. The van der Waals surface area contributed by atoms with Crippen LogP contribution in [-0.4, -0.2) is 30.2 Å². The predicted molar refractivity (Wildman–Crippen MR) is 103 cm³/mol. The second-order valence-corrected chi connectivity index (χ2v) is 6.65. The number of aliphatic hydroxyl groups is 1. The number of aliphatic hydroxyl groups excluding tert-OH is 1. The maximum absolute atomic E-state index is 12.8. The standard InChI is InChI=1S/C18H18Cl2N2O2.ClH/c19-14-8-4-7-13(16(14)20)17(24)22-18(9-10-21-11-15(18)23)12-5-2-1-3-6-12;/h1-8,15,21,23H,9-11H2,(H,22,24);1H/t15-,18+;/m1./s1. The highest BCUT2D eigenvalue weighted by Crippen LogP contribution is 2.33. The van der Waals surface area contributed by atoms with E-state index in [1.165, 1.54) is 0 Å². The summed E-state index contributed by atoms with van der Waals surface area (Å²) in [6.45, 7) is 1.09. The summed E-state index contributed by atoms with van der Waals surface area (Å²) in [5, 5.41) is 17.3. The molecule has 1 aliphatic rings. The molecule has 0 radical (unpaired) electrons. The summed E-state index contributed by atoms with van der Waals surface area (Å²) >= 11 is 12.2. The fourth-order valence-electron chi connectivity index (χ4n) is 3.10. The summed E-state index contributed by atoms with van der Waals surface area (Å²) in [6.07, 6.45) is -0.183. The van der Waals surface area contributed by atoms with Gasteiger partial charge >= 0.3 is 0 Å². The number of carbonyl (C=O) groups is 1. The molecule has 25 heavy (non-hydrogen) atoms. The number of piperidine rings is 1. The highest BCUT2D eigenvalue weighted by molar-refractivity contribution is 6.43. The van der Waals surface area contributed by atoms with Gasteiger partial charge in [0.1, 0.15) is 0 Å². The van der Waals surface area contributed by atoms with Crippen LogP contribution in [0.5, 0.6) is 0 Å². The number of hydrogen-bond donors (Lipinski definition) is 3. The van der Waals surface area contributed by atoms with Gasteiger partial charge in [0.2, 0.25) is 0 Å². The van der Waals surface area contributed by atoms with Crippen molar-refractivity contribution >= 4 is 41.5 Å². The fraction of sp³-hybridized carbons (Fsp3) is 0.278. The molecule has 0 saturated carbocycles. The number of rotatable bonds is 3. The molecule has 0 aliphatic carbocycles. The van der Waals surface area contributed by atoms with E-state index in [0.717, 1.165) is 5.56 Å². The van der Waals surface area contributed by atoms with E-state index in [0.29, 0.717) is 30.1 Å². The molecule has 3 rings (SSSR count). The smallest absolute Gasteiger partial charge is 0.253 e. The SMILES string of the molecule is Cl.O=C(N[C@]1(c2ccccc2)CCNC[C@H]1O)c1cccc(Cl)c1Cl. The van der Waals surface area contributed by atoms with Gasteiger partial charge in [0, 0.05) is 6.54 Å². The quantitative estimate of drug-likeness (QED) is 0.739. The van der Waals surface area contributed by atoms with Gasteiger partial charge in [-0.15, -0.1) is 12.4 Å². The molecule has 1 saturated heterocycles. The summed E-state index contributed by atoms with van der Waals surface area (Å²) in [7, 11) is 0. The van der Waals surface area contributed by atoms with Crippen LogP contribution in [0.2, 0.25) is 10.0 Å². The highest BCUT2D eigenvalue weighted by Gasteiger charge is 2.43. The molecule has 0 spiro atoms. The van der Waals surface area contributed by atoms with Crippen LogP contribution in [-0.2, 0) is 5.54 Å². The Morgan fingerprint density at radius 1 is 1.16 bits per heavy atom. The van der Waals surface area contributed by atoms with Crippen molar-refractivity contribution in [3.05, 3.63) is 69.7 Å². The Morgan fingerprint density at radius 3 is 2.56 bits per heavy atom. The largest absolute Gasteiger partial charge is 0.389 e. The molecule has 0 unspecified atom stereocenters. The summed E-state index contributed by atoms with van der Waals surface area (Å²) < 4.78 is 0. The van der Waals surface area contributed by atoms with Gasteiger partial charge in [0.05, 0.1) is 27.3 Å². The maximum Gasteiger partial charge on any atom is 0.253 e. The number of amides is 1. The van der Waals surface area contributed by atoms with Crippen LogP contribution in [0.1, 0.15) is 22.3 Å². The minimum absolute atomic E-state index is 0. The van der Waals surface area contributed by atoms with E-state index in [1.807, 2.05) is 30.3 Å². The van der Waals surface area contributed by atoms with Crippen molar-refractivity contribution < 1.29 is 9.90 Å². The maximum atomic E-state index is 12.8. The first-order valence-electron chi connectivity index (χ1n) is 7.75. The molecule has 2 atom stereocenters. The molecule has 1 aliphatic heterocycles. The lowest BCUT2D eigenvalue weighted by molar-refractivity contribution is 0.0290. The number of benzene rings is 2. The Balaban J connectivity index is 0.00000225. The summed E-state index contributed by atoms with van der Waals surface area (Å²) in [5.41, 5.74) is 0.297. The predicted octanol–water partition coefficient (Wildman–Crippen LogP) is 3.39. The Morgan fingerprint density at radius 2 is 1.88 bits per heavy atom. The number of β-amino-alcohol motifs (C(OH)–C–C–N with tert-alkyl or cyclic N) is 1. The molecule has 7 heteroatoms. The van der Waals surface area contributed by atoms with Crippen molar-refractivity contribution in [1.29, 1.82) is 0 Å². The molecule has 1 heterocycles. The van der Waals surface area contributed by atoms with Crippen LogP contribution in [0.25, 0.3) is 0 Å². The first-order valence-corrected chi connectivity index (χ1v) is 8.51. The topological polar surface area (TPSA) is 61.4 Å². The molecule has 134 valence electrons. The Labute approximate surface area is 162 Å². The number of halogens is 3. The summed E-state index contributed by atoms with van der Waals surface area (Å²) in [4.78, 5) is 12.8. The van der Waals surface area contributed by atoms with Crippen molar-refractivity contribution in [2.24, 2.45) is 0 Å². The zero-order valence-corrected chi connectivity index (χ0v) is 15.7. The molecule has 0 aromatic heterocycles. The van der Waals surface area contributed by atoms with Crippen molar-refractivity contribution in [2.75, 3.05) is 13.1 Å². The second kappa shape index (κ2) is 8.39. The first kappa shape index (κ1) is 20.0. The Hall–Kier alpha value is -1.30. The number of hydrogen-bond acceptors (Lipinski definition) is 3. The lowest BCUT2D eigenvalue weighted by atomic mass is 9.79. The first-order chi connectivity index (χ1) is 11.5. The molecule has 0 bridgehead atoms. The number of nitrogens with one attached hydrogen (secondary N) is 2. The molecule has 4 nitrogen and oxygen atoms in total. The van der Waals surface area contributed by atoms with Gasteiger partial charge in [-0.05, 0) is 30.7 Å². The second-order valence-electron chi connectivity index (χ2n) is 5.86. The third kappa shape index (κ3) is 3.94. The van der Waals surface area contributed by atoms with Gasteiger partial charge in [-0.2, -0.15) is 0 Å². The van der Waals surface area contributed by atoms with Crippen molar-refractivity contribution in [3.8, 4) is 0 Å². The van der Waals surface area contributed by atoms with Crippen molar-refractivity contribution in [1.82, 2.24) is 10.6 Å². The monoisotopic (exact) mass is 400 g/mol. The van der Waals surface area contributed by atoms with Gasteiger partial charge in [-0.25, -0.2) is 0 Å². The Bertz CT molecular complexity index is 742. The zero-order chi connectivity index (χ0) is 17.2. The van der Waals surface area contributed by atoms with Crippen molar-refractivity contribution in [2.45, 2.75) is 18.1 Å². The van der Waals surface area contributed by atoms with Gasteiger partial charge in [-0.3, -0.25) is 4.79 Å². The molecular weight excluding hydrogens is 383 g/mol. The van der Waals surface area contributed by atoms with E-state index in [2.05, 4.69) is 10.6 Å². The molecule has 3 N–H and O–H groups in total.